The molecule has 0 aliphatic carbocycles. The highest BCUT2D eigenvalue weighted by molar-refractivity contribution is 6.04. The van der Waals surface area contributed by atoms with Gasteiger partial charge in [-0.2, -0.15) is 0 Å². The molecule has 0 radical (unpaired) electrons. The Balaban J connectivity index is 2.64. The minimum atomic E-state index is -0.305. The van der Waals surface area contributed by atoms with Gasteiger partial charge in [0.1, 0.15) is 0 Å². The highest BCUT2D eigenvalue weighted by atomic mass is 16.5. The maximum Gasteiger partial charge on any atom is 0.338 e. The predicted molar refractivity (Wildman–Crippen MR) is 68.0 cm³/mol. The number of carbonyl (C=O) groups is 1. The third-order valence-corrected chi connectivity index (χ3v) is 2.76. The van der Waals surface area contributed by atoms with E-state index in [1.807, 2.05) is 30.3 Å². The van der Waals surface area contributed by atoms with Gasteiger partial charge in [-0.3, -0.25) is 0 Å². The van der Waals surface area contributed by atoms with Crippen molar-refractivity contribution >= 4 is 16.7 Å². The van der Waals surface area contributed by atoms with E-state index in [4.69, 9.17) is 10.5 Å². The summed E-state index contributed by atoms with van der Waals surface area (Å²) in [5.74, 6) is -0.305. The number of fused-ring (bicyclic) bond motifs is 1. The minimum absolute atomic E-state index is 0.305. The van der Waals surface area contributed by atoms with Crippen LogP contribution in [0.2, 0.25) is 0 Å². The van der Waals surface area contributed by atoms with Crippen LogP contribution in [-0.4, -0.2) is 19.6 Å². The number of rotatable bonds is 3. The molecular formula is C14H15NO2. The number of carbonyl (C=O) groups excluding carboxylic acids is 1. The SMILES string of the molecule is COC(=O)c1cc(CCN)cc2ccccc12. The molecular weight excluding hydrogens is 214 g/mol. The average Bonchev–Trinajstić information content (AvgIpc) is 2.37. The van der Waals surface area contributed by atoms with Crippen LogP contribution in [0.25, 0.3) is 10.8 Å². The second kappa shape index (κ2) is 4.97. The summed E-state index contributed by atoms with van der Waals surface area (Å²) in [4.78, 5) is 11.7. The number of hydrogen-bond acceptors (Lipinski definition) is 3. The standard InChI is InChI=1S/C14H15NO2/c1-17-14(16)13-9-10(6-7-15)8-11-4-2-3-5-12(11)13/h2-5,8-9H,6-7,15H2,1H3. The second-order valence-electron chi connectivity index (χ2n) is 3.89. The molecule has 2 aromatic carbocycles. The molecule has 0 unspecified atom stereocenters. The van der Waals surface area contributed by atoms with Gasteiger partial charge in [0, 0.05) is 0 Å². The Morgan fingerprint density at radius 2 is 2.06 bits per heavy atom. The van der Waals surface area contributed by atoms with Crippen LogP contribution in [-0.2, 0) is 11.2 Å². The lowest BCUT2D eigenvalue weighted by Crippen LogP contribution is -2.06. The smallest absolute Gasteiger partial charge is 0.338 e. The predicted octanol–water partition coefficient (Wildman–Crippen LogP) is 2.13. The molecule has 88 valence electrons. The molecule has 0 aliphatic rings. The van der Waals surface area contributed by atoms with Crippen LogP contribution in [0.3, 0.4) is 0 Å². The molecule has 2 aromatic rings. The monoisotopic (exact) mass is 229 g/mol. The van der Waals surface area contributed by atoms with E-state index in [-0.39, 0.29) is 5.97 Å². The molecule has 2 rings (SSSR count). The summed E-state index contributed by atoms with van der Waals surface area (Å²) < 4.78 is 4.81. The van der Waals surface area contributed by atoms with Crippen LogP contribution in [0.15, 0.2) is 36.4 Å². The first kappa shape index (κ1) is 11.6. The first-order chi connectivity index (χ1) is 8.26. The number of esters is 1. The maximum atomic E-state index is 11.7. The Morgan fingerprint density at radius 3 is 2.76 bits per heavy atom. The van der Waals surface area contributed by atoms with Gasteiger partial charge in [-0.1, -0.05) is 30.3 Å². The van der Waals surface area contributed by atoms with Crippen LogP contribution >= 0.6 is 0 Å². The zero-order chi connectivity index (χ0) is 12.3. The fourth-order valence-corrected chi connectivity index (χ4v) is 1.96. The topological polar surface area (TPSA) is 52.3 Å². The Morgan fingerprint density at radius 1 is 1.29 bits per heavy atom. The van der Waals surface area contributed by atoms with Gasteiger partial charge in [0.2, 0.25) is 0 Å². The van der Waals surface area contributed by atoms with Crippen molar-refractivity contribution in [3.8, 4) is 0 Å². The number of methoxy groups -OCH3 is 1. The van der Waals surface area contributed by atoms with Crippen LogP contribution in [0, 0.1) is 0 Å². The molecule has 0 heterocycles. The minimum Gasteiger partial charge on any atom is -0.465 e. The highest BCUT2D eigenvalue weighted by Crippen LogP contribution is 2.22. The van der Waals surface area contributed by atoms with Crippen LogP contribution in [0.5, 0.6) is 0 Å². The van der Waals surface area contributed by atoms with E-state index in [0.29, 0.717) is 12.1 Å². The fourth-order valence-electron chi connectivity index (χ4n) is 1.96. The van der Waals surface area contributed by atoms with Gasteiger partial charge in [-0.15, -0.1) is 0 Å². The second-order valence-corrected chi connectivity index (χ2v) is 3.89. The van der Waals surface area contributed by atoms with Gasteiger partial charge in [0.05, 0.1) is 12.7 Å². The Bertz CT molecular complexity index is 549. The van der Waals surface area contributed by atoms with E-state index in [1.165, 1.54) is 7.11 Å². The Kier molecular flexibility index (Phi) is 3.40. The van der Waals surface area contributed by atoms with E-state index in [9.17, 15) is 4.79 Å². The third kappa shape index (κ3) is 2.29. The highest BCUT2D eigenvalue weighted by Gasteiger charge is 2.11. The molecule has 0 saturated carbocycles. The van der Waals surface area contributed by atoms with E-state index in [0.717, 1.165) is 22.8 Å². The summed E-state index contributed by atoms with van der Waals surface area (Å²) in [6.45, 7) is 0.568. The van der Waals surface area contributed by atoms with E-state index < -0.39 is 0 Å². The molecule has 3 nitrogen and oxygen atoms in total. The van der Waals surface area contributed by atoms with Crippen molar-refractivity contribution in [2.24, 2.45) is 5.73 Å². The molecule has 0 aromatic heterocycles. The quantitative estimate of drug-likeness (QED) is 0.820. The van der Waals surface area contributed by atoms with Gasteiger partial charge in [0.25, 0.3) is 0 Å². The van der Waals surface area contributed by atoms with Crippen molar-refractivity contribution in [3.63, 3.8) is 0 Å². The number of ether oxygens (including phenoxy) is 1. The van der Waals surface area contributed by atoms with Gasteiger partial charge in [0.15, 0.2) is 0 Å². The van der Waals surface area contributed by atoms with Crippen molar-refractivity contribution < 1.29 is 9.53 Å². The maximum absolute atomic E-state index is 11.7. The van der Waals surface area contributed by atoms with Crippen molar-refractivity contribution in [3.05, 3.63) is 47.5 Å². The lowest BCUT2D eigenvalue weighted by molar-refractivity contribution is 0.0603. The summed E-state index contributed by atoms with van der Waals surface area (Å²) in [6.07, 6.45) is 0.759. The van der Waals surface area contributed by atoms with Crippen LogP contribution in [0.4, 0.5) is 0 Å². The van der Waals surface area contributed by atoms with E-state index in [2.05, 4.69) is 6.07 Å². The van der Waals surface area contributed by atoms with Gasteiger partial charge >= 0.3 is 5.97 Å². The molecule has 3 heteroatoms. The lowest BCUT2D eigenvalue weighted by atomic mass is 9.99. The average molecular weight is 229 g/mol. The molecule has 2 N–H and O–H groups in total. The van der Waals surface area contributed by atoms with E-state index >= 15 is 0 Å². The molecule has 0 atom stereocenters. The van der Waals surface area contributed by atoms with Crippen LogP contribution in [0.1, 0.15) is 15.9 Å². The fraction of sp³-hybridized carbons (Fsp3) is 0.214. The zero-order valence-corrected chi connectivity index (χ0v) is 9.77. The van der Waals surface area contributed by atoms with Gasteiger partial charge in [-0.25, -0.2) is 4.79 Å². The van der Waals surface area contributed by atoms with E-state index in [1.54, 1.807) is 0 Å². The number of nitrogens with two attached hydrogens (primary N) is 1. The summed E-state index contributed by atoms with van der Waals surface area (Å²) in [7, 11) is 1.40. The normalized spacial score (nSPS) is 10.5. The summed E-state index contributed by atoms with van der Waals surface area (Å²) in [5.41, 5.74) is 7.21. The first-order valence-electron chi connectivity index (χ1n) is 5.56. The van der Waals surface area contributed by atoms with Crippen molar-refractivity contribution in [1.82, 2.24) is 0 Å². The van der Waals surface area contributed by atoms with Crippen LogP contribution < -0.4 is 5.73 Å². The molecule has 17 heavy (non-hydrogen) atoms. The Hall–Kier alpha value is -1.87. The third-order valence-electron chi connectivity index (χ3n) is 2.76. The number of benzene rings is 2. The number of hydrogen-bond donors (Lipinski definition) is 1. The largest absolute Gasteiger partial charge is 0.465 e. The van der Waals surface area contributed by atoms with Gasteiger partial charge in [-0.05, 0) is 35.4 Å². The summed E-state index contributed by atoms with van der Waals surface area (Å²) >= 11 is 0. The molecule has 0 saturated heterocycles. The molecule has 0 fully saturated rings. The van der Waals surface area contributed by atoms with Crippen molar-refractivity contribution in [1.29, 1.82) is 0 Å². The Labute approximate surface area is 100 Å². The molecule has 0 aliphatic heterocycles. The molecule has 0 amide bonds. The van der Waals surface area contributed by atoms with Gasteiger partial charge < -0.3 is 10.5 Å². The molecule has 0 spiro atoms. The lowest BCUT2D eigenvalue weighted by Gasteiger charge is -2.08. The zero-order valence-electron chi connectivity index (χ0n) is 9.77. The first-order valence-corrected chi connectivity index (χ1v) is 5.56. The summed E-state index contributed by atoms with van der Waals surface area (Å²) in [6, 6.07) is 11.7. The van der Waals surface area contributed by atoms with Crippen molar-refractivity contribution in [2.45, 2.75) is 6.42 Å². The summed E-state index contributed by atoms with van der Waals surface area (Å²) in [5, 5.41) is 1.96. The molecule has 0 bridgehead atoms. The van der Waals surface area contributed by atoms with Crippen molar-refractivity contribution in [2.75, 3.05) is 13.7 Å².